The normalized spacial score (nSPS) is 10.4. The molecule has 142 valence electrons. The van der Waals surface area contributed by atoms with Gasteiger partial charge in [-0.3, -0.25) is 0 Å². The zero-order chi connectivity index (χ0) is 20.8. The van der Waals surface area contributed by atoms with E-state index in [1.807, 2.05) is 32.0 Å². The van der Waals surface area contributed by atoms with E-state index in [9.17, 15) is 4.39 Å². The van der Waals surface area contributed by atoms with Crippen LogP contribution >= 0.6 is 0 Å². The molecule has 3 aromatic carbocycles. The summed E-state index contributed by atoms with van der Waals surface area (Å²) in [4.78, 5) is 0. The highest BCUT2D eigenvalue weighted by Gasteiger charge is 2.08. The van der Waals surface area contributed by atoms with Crippen LogP contribution in [0.1, 0.15) is 22.3 Å². The number of allylic oxidation sites excluding steroid dienone is 1. The standard InChI is InChI=1S/C24H19FN4/c1-16-12-19(4-3-11-26)13-17(2)24(16)29-21-9-10-22(25)23(14-21)28-20-7-5-18(15-27)6-8-20/h3-10,12-14,28-29H,1-2H3/b4-3+. The van der Waals surface area contributed by atoms with Gasteiger partial charge in [0.2, 0.25) is 0 Å². The molecule has 29 heavy (non-hydrogen) atoms. The predicted octanol–water partition coefficient (Wildman–Crippen LogP) is 6.34. The molecule has 0 aliphatic heterocycles. The van der Waals surface area contributed by atoms with E-state index in [1.54, 1.807) is 42.5 Å². The van der Waals surface area contributed by atoms with Gasteiger partial charge < -0.3 is 10.6 Å². The lowest BCUT2D eigenvalue weighted by molar-refractivity contribution is 0.632. The molecule has 0 fully saturated rings. The molecule has 0 spiro atoms. The number of aryl methyl sites for hydroxylation is 2. The molecule has 0 unspecified atom stereocenters. The Morgan fingerprint density at radius 2 is 1.52 bits per heavy atom. The maximum absolute atomic E-state index is 14.3. The average molecular weight is 382 g/mol. The molecular weight excluding hydrogens is 363 g/mol. The Balaban J connectivity index is 1.85. The van der Waals surface area contributed by atoms with Crippen LogP contribution in [0, 0.1) is 42.3 Å². The quantitative estimate of drug-likeness (QED) is 0.505. The van der Waals surface area contributed by atoms with Gasteiger partial charge in [0.25, 0.3) is 0 Å². The van der Waals surface area contributed by atoms with Crippen molar-refractivity contribution in [3.63, 3.8) is 0 Å². The third kappa shape index (κ3) is 4.80. The van der Waals surface area contributed by atoms with E-state index in [2.05, 4.69) is 16.7 Å². The highest BCUT2D eigenvalue weighted by Crippen LogP contribution is 2.30. The molecule has 0 saturated heterocycles. The zero-order valence-electron chi connectivity index (χ0n) is 16.1. The monoisotopic (exact) mass is 382 g/mol. The number of nitrogens with one attached hydrogen (secondary N) is 2. The lowest BCUT2D eigenvalue weighted by Gasteiger charge is -2.16. The first-order valence-electron chi connectivity index (χ1n) is 9.01. The number of nitriles is 2. The lowest BCUT2D eigenvalue weighted by atomic mass is 10.0. The predicted molar refractivity (Wildman–Crippen MR) is 115 cm³/mol. The van der Waals surface area contributed by atoms with E-state index < -0.39 is 0 Å². The van der Waals surface area contributed by atoms with E-state index in [0.717, 1.165) is 28.1 Å². The van der Waals surface area contributed by atoms with Gasteiger partial charge in [-0.15, -0.1) is 0 Å². The minimum atomic E-state index is -0.370. The number of hydrogen-bond acceptors (Lipinski definition) is 4. The first-order valence-corrected chi connectivity index (χ1v) is 9.01. The largest absolute Gasteiger partial charge is 0.355 e. The lowest BCUT2D eigenvalue weighted by Crippen LogP contribution is -1.99. The van der Waals surface area contributed by atoms with Gasteiger partial charge in [-0.25, -0.2) is 4.39 Å². The number of anilines is 4. The minimum Gasteiger partial charge on any atom is -0.355 e. The fourth-order valence-corrected chi connectivity index (χ4v) is 3.05. The second-order valence-corrected chi connectivity index (χ2v) is 6.63. The Morgan fingerprint density at radius 3 is 2.14 bits per heavy atom. The Kier molecular flexibility index (Phi) is 5.92. The molecule has 4 nitrogen and oxygen atoms in total. The summed E-state index contributed by atoms with van der Waals surface area (Å²) in [6.45, 7) is 3.97. The first-order chi connectivity index (χ1) is 14.0. The van der Waals surface area contributed by atoms with E-state index in [-0.39, 0.29) is 5.82 Å². The van der Waals surface area contributed by atoms with Crippen molar-refractivity contribution in [2.75, 3.05) is 10.6 Å². The van der Waals surface area contributed by atoms with Crippen LogP contribution in [0.25, 0.3) is 6.08 Å². The minimum absolute atomic E-state index is 0.337. The molecule has 2 N–H and O–H groups in total. The van der Waals surface area contributed by atoms with Gasteiger partial charge in [0, 0.05) is 23.1 Å². The van der Waals surface area contributed by atoms with Crippen molar-refractivity contribution in [2.24, 2.45) is 0 Å². The van der Waals surface area contributed by atoms with Crippen LogP contribution in [0.15, 0.2) is 60.7 Å². The van der Waals surface area contributed by atoms with Crippen molar-refractivity contribution in [3.8, 4) is 12.1 Å². The second-order valence-electron chi connectivity index (χ2n) is 6.63. The number of halogens is 1. The maximum atomic E-state index is 14.3. The smallest absolute Gasteiger partial charge is 0.146 e. The van der Waals surface area contributed by atoms with Crippen molar-refractivity contribution in [2.45, 2.75) is 13.8 Å². The summed E-state index contributed by atoms with van der Waals surface area (Å²) in [6, 6.07) is 19.6. The Morgan fingerprint density at radius 1 is 0.862 bits per heavy atom. The van der Waals surface area contributed by atoms with E-state index in [0.29, 0.717) is 16.9 Å². The van der Waals surface area contributed by atoms with Crippen LogP contribution in [0.2, 0.25) is 0 Å². The summed E-state index contributed by atoms with van der Waals surface area (Å²) in [5.74, 6) is -0.370. The molecule has 0 aliphatic carbocycles. The van der Waals surface area contributed by atoms with E-state index >= 15 is 0 Å². The molecule has 0 radical (unpaired) electrons. The van der Waals surface area contributed by atoms with Crippen LogP contribution in [-0.2, 0) is 0 Å². The summed E-state index contributed by atoms with van der Waals surface area (Å²) in [5, 5.41) is 24.0. The number of nitrogens with zero attached hydrogens (tertiary/aromatic N) is 2. The summed E-state index contributed by atoms with van der Waals surface area (Å²) in [6.07, 6.45) is 3.21. The van der Waals surface area contributed by atoms with Crippen LogP contribution < -0.4 is 10.6 Å². The molecular formula is C24H19FN4. The van der Waals surface area contributed by atoms with Crippen molar-refractivity contribution in [1.29, 1.82) is 10.5 Å². The SMILES string of the molecule is Cc1cc(/C=C/C#N)cc(C)c1Nc1ccc(F)c(Nc2ccc(C#N)cc2)c1. The van der Waals surface area contributed by atoms with Gasteiger partial charge in [0.15, 0.2) is 0 Å². The molecule has 0 bridgehead atoms. The van der Waals surface area contributed by atoms with Crippen molar-refractivity contribution in [3.05, 3.63) is 88.7 Å². The first kappa shape index (κ1) is 19.7. The molecule has 0 saturated carbocycles. The Hall–Kier alpha value is -4.09. The average Bonchev–Trinajstić information content (AvgIpc) is 2.72. The number of benzene rings is 3. The fraction of sp³-hybridized carbons (Fsp3) is 0.0833. The van der Waals surface area contributed by atoms with Gasteiger partial charge in [-0.05, 0) is 91.2 Å². The highest BCUT2D eigenvalue weighted by molar-refractivity contribution is 5.73. The molecule has 5 heteroatoms. The number of rotatable bonds is 5. The highest BCUT2D eigenvalue weighted by atomic mass is 19.1. The molecule has 0 amide bonds. The maximum Gasteiger partial charge on any atom is 0.146 e. The van der Waals surface area contributed by atoms with Crippen molar-refractivity contribution < 1.29 is 4.39 Å². The third-order valence-corrected chi connectivity index (χ3v) is 4.43. The van der Waals surface area contributed by atoms with Crippen LogP contribution in [0.5, 0.6) is 0 Å². The van der Waals surface area contributed by atoms with E-state index in [4.69, 9.17) is 10.5 Å². The molecule has 0 aromatic heterocycles. The van der Waals surface area contributed by atoms with Crippen LogP contribution in [0.4, 0.5) is 27.1 Å². The van der Waals surface area contributed by atoms with Crippen LogP contribution in [-0.4, -0.2) is 0 Å². The second kappa shape index (κ2) is 8.73. The molecule has 0 aliphatic rings. The molecule has 0 heterocycles. The van der Waals surface area contributed by atoms with Gasteiger partial charge in [0.1, 0.15) is 5.82 Å². The van der Waals surface area contributed by atoms with E-state index in [1.165, 1.54) is 12.1 Å². The van der Waals surface area contributed by atoms with Gasteiger partial charge in [0.05, 0.1) is 23.4 Å². The third-order valence-electron chi connectivity index (χ3n) is 4.43. The summed E-state index contributed by atoms with van der Waals surface area (Å²) in [5.41, 5.74) is 6.26. The Labute approximate surface area is 169 Å². The Bertz CT molecular complexity index is 1130. The van der Waals surface area contributed by atoms with Crippen molar-refractivity contribution in [1.82, 2.24) is 0 Å². The number of hydrogen-bond donors (Lipinski definition) is 2. The van der Waals surface area contributed by atoms with Gasteiger partial charge in [-0.2, -0.15) is 10.5 Å². The van der Waals surface area contributed by atoms with Crippen LogP contribution in [0.3, 0.4) is 0 Å². The summed E-state index contributed by atoms with van der Waals surface area (Å²) < 4.78 is 14.3. The molecule has 3 rings (SSSR count). The van der Waals surface area contributed by atoms with Gasteiger partial charge >= 0.3 is 0 Å². The zero-order valence-corrected chi connectivity index (χ0v) is 16.1. The molecule has 0 atom stereocenters. The fourth-order valence-electron chi connectivity index (χ4n) is 3.05. The van der Waals surface area contributed by atoms with Crippen molar-refractivity contribution >= 4 is 28.8 Å². The topological polar surface area (TPSA) is 71.6 Å². The van der Waals surface area contributed by atoms with Gasteiger partial charge in [-0.1, -0.05) is 0 Å². The molecule has 3 aromatic rings. The summed E-state index contributed by atoms with van der Waals surface area (Å²) in [7, 11) is 0. The summed E-state index contributed by atoms with van der Waals surface area (Å²) >= 11 is 0.